The molecular formula is C12H15N3O. The largest absolute Gasteiger partial charge is 0.469 e. The van der Waals surface area contributed by atoms with Gasteiger partial charge in [0, 0.05) is 25.7 Å². The number of hydrogen-bond donors (Lipinski definition) is 2. The Morgan fingerprint density at radius 2 is 2.25 bits per heavy atom. The molecule has 0 aliphatic carbocycles. The Hall–Kier alpha value is -1.81. The highest BCUT2D eigenvalue weighted by Crippen LogP contribution is 2.06. The summed E-state index contributed by atoms with van der Waals surface area (Å²) in [4.78, 5) is 4.20. The summed E-state index contributed by atoms with van der Waals surface area (Å²) in [5.74, 6) is 0.987. The molecule has 16 heavy (non-hydrogen) atoms. The SMILES string of the molecule is Nc1cccnc1CNCCc1ccco1. The molecule has 4 heteroatoms. The van der Waals surface area contributed by atoms with E-state index in [1.807, 2.05) is 24.3 Å². The maximum absolute atomic E-state index is 5.78. The van der Waals surface area contributed by atoms with Crippen LogP contribution < -0.4 is 11.1 Å². The Morgan fingerprint density at radius 3 is 3.00 bits per heavy atom. The number of pyridine rings is 1. The van der Waals surface area contributed by atoms with Crippen molar-refractivity contribution in [2.24, 2.45) is 0 Å². The fourth-order valence-electron chi connectivity index (χ4n) is 1.47. The molecule has 84 valence electrons. The number of hydrogen-bond acceptors (Lipinski definition) is 4. The van der Waals surface area contributed by atoms with E-state index in [9.17, 15) is 0 Å². The van der Waals surface area contributed by atoms with Gasteiger partial charge < -0.3 is 15.5 Å². The second-order valence-electron chi connectivity index (χ2n) is 3.55. The lowest BCUT2D eigenvalue weighted by atomic mass is 10.3. The average molecular weight is 217 g/mol. The molecule has 2 rings (SSSR count). The van der Waals surface area contributed by atoms with Gasteiger partial charge in [-0.15, -0.1) is 0 Å². The van der Waals surface area contributed by atoms with Crippen LogP contribution >= 0.6 is 0 Å². The minimum atomic E-state index is 0.688. The maximum Gasteiger partial charge on any atom is 0.105 e. The standard InChI is InChI=1S/C12H15N3O/c13-11-4-1-6-15-12(11)9-14-7-5-10-3-2-8-16-10/h1-4,6,8,14H,5,7,9,13H2. The van der Waals surface area contributed by atoms with Crippen molar-refractivity contribution in [2.75, 3.05) is 12.3 Å². The van der Waals surface area contributed by atoms with Crippen LogP contribution in [0.2, 0.25) is 0 Å². The summed E-state index contributed by atoms with van der Waals surface area (Å²) in [6.45, 7) is 1.54. The number of rotatable bonds is 5. The molecule has 0 aromatic carbocycles. The number of nitrogens with two attached hydrogens (primary N) is 1. The van der Waals surface area contributed by atoms with Crippen molar-refractivity contribution in [2.45, 2.75) is 13.0 Å². The first-order valence-electron chi connectivity index (χ1n) is 5.29. The first kappa shape index (κ1) is 10.7. The number of nitrogen functional groups attached to an aromatic ring is 1. The lowest BCUT2D eigenvalue weighted by Crippen LogP contribution is -2.18. The zero-order valence-corrected chi connectivity index (χ0v) is 9.02. The van der Waals surface area contributed by atoms with Crippen LogP contribution in [0.25, 0.3) is 0 Å². The molecule has 3 N–H and O–H groups in total. The van der Waals surface area contributed by atoms with Crippen LogP contribution in [-0.4, -0.2) is 11.5 Å². The maximum atomic E-state index is 5.78. The van der Waals surface area contributed by atoms with Crippen molar-refractivity contribution < 1.29 is 4.42 Å². The molecule has 0 unspecified atom stereocenters. The van der Waals surface area contributed by atoms with Crippen molar-refractivity contribution in [3.05, 3.63) is 48.2 Å². The third kappa shape index (κ3) is 2.84. The van der Waals surface area contributed by atoms with Crippen molar-refractivity contribution in [3.63, 3.8) is 0 Å². The minimum Gasteiger partial charge on any atom is -0.469 e. The van der Waals surface area contributed by atoms with Gasteiger partial charge >= 0.3 is 0 Å². The number of furan rings is 1. The average Bonchev–Trinajstić information content (AvgIpc) is 2.79. The van der Waals surface area contributed by atoms with Crippen LogP contribution in [0.3, 0.4) is 0 Å². The van der Waals surface area contributed by atoms with E-state index in [2.05, 4.69) is 10.3 Å². The molecule has 0 bridgehead atoms. The number of aromatic nitrogens is 1. The number of nitrogens with zero attached hydrogens (tertiary/aromatic N) is 1. The van der Waals surface area contributed by atoms with E-state index in [0.29, 0.717) is 6.54 Å². The summed E-state index contributed by atoms with van der Waals surface area (Å²) in [5.41, 5.74) is 7.40. The summed E-state index contributed by atoms with van der Waals surface area (Å²) in [6, 6.07) is 7.56. The summed E-state index contributed by atoms with van der Waals surface area (Å²) in [5, 5.41) is 3.28. The first-order chi connectivity index (χ1) is 7.86. The van der Waals surface area contributed by atoms with Crippen LogP contribution in [0.1, 0.15) is 11.5 Å². The zero-order chi connectivity index (χ0) is 11.2. The van der Waals surface area contributed by atoms with Gasteiger partial charge in [-0.1, -0.05) is 0 Å². The molecule has 2 aromatic heterocycles. The van der Waals surface area contributed by atoms with Crippen LogP contribution in [0.15, 0.2) is 41.1 Å². The zero-order valence-electron chi connectivity index (χ0n) is 9.02. The highest BCUT2D eigenvalue weighted by Gasteiger charge is 1.99. The molecule has 0 aliphatic heterocycles. The van der Waals surface area contributed by atoms with Gasteiger partial charge in [-0.2, -0.15) is 0 Å². The molecule has 0 radical (unpaired) electrons. The second-order valence-corrected chi connectivity index (χ2v) is 3.55. The summed E-state index contributed by atoms with van der Waals surface area (Å²) in [6.07, 6.45) is 4.31. The minimum absolute atomic E-state index is 0.688. The summed E-state index contributed by atoms with van der Waals surface area (Å²) in [7, 11) is 0. The van der Waals surface area contributed by atoms with E-state index in [0.717, 1.165) is 30.1 Å². The van der Waals surface area contributed by atoms with Crippen LogP contribution in [0.5, 0.6) is 0 Å². The Balaban J connectivity index is 1.74. The van der Waals surface area contributed by atoms with Gasteiger partial charge in [0.05, 0.1) is 17.6 Å². The molecule has 4 nitrogen and oxygen atoms in total. The van der Waals surface area contributed by atoms with E-state index >= 15 is 0 Å². The number of anilines is 1. The van der Waals surface area contributed by atoms with E-state index in [1.165, 1.54) is 0 Å². The van der Waals surface area contributed by atoms with Crippen LogP contribution in [0, 0.1) is 0 Å². The quantitative estimate of drug-likeness (QED) is 0.746. The molecule has 0 fully saturated rings. The topological polar surface area (TPSA) is 64.1 Å². The smallest absolute Gasteiger partial charge is 0.105 e. The van der Waals surface area contributed by atoms with Gasteiger partial charge in [-0.3, -0.25) is 4.98 Å². The molecule has 0 atom stereocenters. The third-order valence-corrected chi connectivity index (χ3v) is 2.35. The monoisotopic (exact) mass is 217 g/mol. The number of nitrogens with one attached hydrogen (secondary N) is 1. The highest BCUT2D eigenvalue weighted by molar-refractivity contribution is 5.41. The molecular weight excluding hydrogens is 202 g/mol. The van der Waals surface area contributed by atoms with Crippen molar-refractivity contribution >= 4 is 5.69 Å². The van der Waals surface area contributed by atoms with Crippen LogP contribution in [0.4, 0.5) is 5.69 Å². The highest BCUT2D eigenvalue weighted by atomic mass is 16.3. The Labute approximate surface area is 94.5 Å². The molecule has 0 aliphatic rings. The molecule has 0 spiro atoms. The van der Waals surface area contributed by atoms with E-state index < -0.39 is 0 Å². The lowest BCUT2D eigenvalue weighted by molar-refractivity contribution is 0.498. The van der Waals surface area contributed by atoms with Gasteiger partial charge in [0.15, 0.2) is 0 Å². The molecule has 2 aromatic rings. The molecule has 0 amide bonds. The van der Waals surface area contributed by atoms with E-state index in [1.54, 1.807) is 12.5 Å². The first-order valence-corrected chi connectivity index (χ1v) is 5.29. The molecule has 0 saturated heterocycles. The Bertz CT molecular complexity index is 426. The predicted molar refractivity (Wildman–Crippen MR) is 62.8 cm³/mol. The van der Waals surface area contributed by atoms with Crippen molar-refractivity contribution in [1.29, 1.82) is 0 Å². The lowest BCUT2D eigenvalue weighted by Gasteiger charge is -2.05. The Kier molecular flexibility index (Phi) is 3.56. The van der Waals surface area contributed by atoms with Crippen molar-refractivity contribution in [1.82, 2.24) is 10.3 Å². The summed E-state index contributed by atoms with van der Waals surface area (Å²) >= 11 is 0. The summed E-state index contributed by atoms with van der Waals surface area (Å²) < 4.78 is 5.23. The third-order valence-electron chi connectivity index (χ3n) is 2.35. The van der Waals surface area contributed by atoms with Gasteiger partial charge in [0.1, 0.15) is 5.76 Å². The fraction of sp³-hybridized carbons (Fsp3) is 0.250. The van der Waals surface area contributed by atoms with Gasteiger partial charge in [0.25, 0.3) is 0 Å². The van der Waals surface area contributed by atoms with Crippen molar-refractivity contribution in [3.8, 4) is 0 Å². The fourth-order valence-corrected chi connectivity index (χ4v) is 1.47. The predicted octanol–water partition coefficient (Wildman–Crippen LogP) is 1.59. The molecule has 2 heterocycles. The second kappa shape index (κ2) is 5.32. The van der Waals surface area contributed by atoms with Gasteiger partial charge in [-0.25, -0.2) is 0 Å². The van der Waals surface area contributed by atoms with Gasteiger partial charge in [0.2, 0.25) is 0 Å². The molecule has 0 saturated carbocycles. The Morgan fingerprint density at radius 1 is 1.31 bits per heavy atom. The van der Waals surface area contributed by atoms with E-state index in [-0.39, 0.29) is 0 Å². The normalized spacial score (nSPS) is 10.5. The van der Waals surface area contributed by atoms with E-state index in [4.69, 9.17) is 10.2 Å². The van der Waals surface area contributed by atoms with Crippen LogP contribution in [-0.2, 0) is 13.0 Å². The van der Waals surface area contributed by atoms with Gasteiger partial charge in [-0.05, 0) is 24.3 Å².